The normalized spacial score (nSPS) is 14.4. The average Bonchev–Trinajstić information content (AvgIpc) is 3.44. The molecule has 1 aliphatic heterocycles. The molecule has 4 rings (SSSR count). The molecule has 186 valence electrons. The number of ether oxygens (including phenoxy) is 3. The summed E-state index contributed by atoms with van der Waals surface area (Å²) in [5, 5.41) is -0.392. The molecular weight excluding hydrogens is 513 g/mol. The Morgan fingerprint density at radius 2 is 1.94 bits per heavy atom. The minimum atomic E-state index is -0.595. The summed E-state index contributed by atoms with van der Waals surface area (Å²) in [6.45, 7) is -0.238. The molecule has 1 aliphatic rings. The van der Waals surface area contributed by atoms with Crippen molar-refractivity contribution in [2.24, 2.45) is 0 Å². The van der Waals surface area contributed by atoms with Crippen LogP contribution in [0.1, 0.15) is 27.4 Å². The van der Waals surface area contributed by atoms with Crippen molar-refractivity contribution < 1.29 is 37.4 Å². The quantitative estimate of drug-likeness (QED) is 0.270. The van der Waals surface area contributed by atoms with Gasteiger partial charge in [-0.25, -0.2) is 9.18 Å². The van der Waals surface area contributed by atoms with Gasteiger partial charge in [-0.1, -0.05) is 23.7 Å². The van der Waals surface area contributed by atoms with Gasteiger partial charge in [0.15, 0.2) is 11.5 Å². The molecule has 3 aromatic rings. The largest absolute Gasteiger partial charge is 0.493 e. The molecule has 1 saturated heterocycles. The zero-order valence-electron chi connectivity index (χ0n) is 19.1. The highest BCUT2D eigenvalue weighted by molar-refractivity contribution is 8.18. The van der Waals surface area contributed by atoms with Crippen LogP contribution in [0.2, 0.25) is 5.02 Å². The van der Waals surface area contributed by atoms with Gasteiger partial charge in [0.05, 0.1) is 25.7 Å². The number of amides is 2. The van der Waals surface area contributed by atoms with Crippen molar-refractivity contribution in [3.8, 4) is 11.5 Å². The number of hydrogen-bond acceptors (Lipinski definition) is 8. The fourth-order valence-corrected chi connectivity index (χ4v) is 4.40. The fraction of sp³-hybridized carbons (Fsp3) is 0.160. The molecule has 0 spiro atoms. The number of imide groups is 1. The molecule has 0 radical (unpaired) electrons. The highest BCUT2D eigenvalue weighted by atomic mass is 35.5. The predicted molar refractivity (Wildman–Crippen MR) is 130 cm³/mol. The molecule has 2 aromatic carbocycles. The van der Waals surface area contributed by atoms with Crippen LogP contribution in [0.5, 0.6) is 11.5 Å². The number of esters is 1. The summed E-state index contributed by atoms with van der Waals surface area (Å²) >= 11 is 6.79. The lowest BCUT2D eigenvalue weighted by atomic mass is 10.1. The SMILES string of the molecule is COC(=O)c1ccc(COc2ccc(C=C3SC(=O)N(Cc4c(F)cccc4Cl)C3=O)cc2OC)o1. The van der Waals surface area contributed by atoms with Gasteiger partial charge in [0.25, 0.3) is 11.1 Å². The van der Waals surface area contributed by atoms with E-state index in [2.05, 4.69) is 4.74 Å². The van der Waals surface area contributed by atoms with E-state index in [1.165, 1.54) is 44.6 Å². The van der Waals surface area contributed by atoms with Crippen LogP contribution in [0.4, 0.5) is 9.18 Å². The molecule has 2 amide bonds. The molecule has 0 aliphatic carbocycles. The molecule has 1 fully saturated rings. The summed E-state index contributed by atoms with van der Waals surface area (Å²) in [5.74, 6) is -0.502. The number of hydrogen-bond donors (Lipinski definition) is 0. The van der Waals surface area contributed by atoms with Crippen molar-refractivity contribution in [3.05, 3.63) is 86.9 Å². The second kappa shape index (κ2) is 10.9. The Labute approximate surface area is 214 Å². The van der Waals surface area contributed by atoms with Gasteiger partial charge < -0.3 is 18.6 Å². The highest BCUT2D eigenvalue weighted by Gasteiger charge is 2.36. The second-order valence-electron chi connectivity index (χ2n) is 7.42. The summed E-state index contributed by atoms with van der Waals surface area (Å²) in [7, 11) is 2.72. The third-order valence-electron chi connectivity index (χ3n) is 5.16. The lowest BCUT2D eigenvalue weighted by Crippen LogP contribution is -2.28. The van der Waals surface area contributed by atoms with Crippen molar-refractivity contribution in [2.45, 2.75) is 13.2 Å². The van der Waals surface area contributed by atoms with E-state index in [1.807, 2.05) is 0 Å². The van der Waals surface area contributed by atoms with E-state index in [4.69, 9.17) is 25.5 Å². The summed E-state index contributed by atoms with van der Waals surface area (Å²) < 4.78 is 35.2. The zero-order chi connectivity index (χ0) is 25.8. The smallest absolute Gasteiger partial charge is 0.373 e. The van der Waals surface area contributed by atoms with E-state index in [1.54, 1.807) is 24.3 Å². The molecule has 8 nitrogen and oxygen atoms in total. The number of carbonyl (C=O) groups excluding carboxylic acids is 3. The van der Waals surface area contributed by atoms with E-state index < -0.39 is 22.9 Å². The Bertz CT molecular complexity index is 1350. The first-order valence-electron chi connectivity index (χ1n) is 10.5. The first kappa shape index (κ1) is 25.3. The topological polar surface area (TPSA) is 95.3 Å². The summed E-state index contributed by atoms with van der Waals surface area (Å²) in [6, 6.07) is 12.2. The number of nitrogens with zero attached hydrogens (tertiary/aromatic N) is 1. The summed E-state index contributed by atoms with van der Waals surface area (Å²) in [6.07, 6.45) is 1.54. The van der Waals surface area contributed by atoms with Gasteiger partial charge in [-0.3, -0.25) is 14.5 Å². The minimum absolute atomic E-state index is 0.0319. The van der Waals surface area contributed by atoms with Gasteiger partial charge in [-0.15, -0.1) is 0 Å². The zero-order valence-corrected chi connectivity index (χ0v) is 20.7. The maximum Gasteiger partial charge on any atom is 0.373 e. The van der Waals surface area contributed by atoms with Crippen LogP contribution in [0.25, 0.3) is 6.08 Å². The van der Waals surface area contributed by atoms with E-state index in [0.717, 1.165) is 16.7 Å². The standard InChI is InChI=1S/C25H19ClFNO7S/c1-32-21-10-14(6-8-19(21)34-13-15-7-9-20(35-15)24(30)33-2)11-22-23(29)28(25(31)36-22)12-16-17(26)4-3-5-18(16)27/h3-11H,12-13H2,1-2H3. The summed E-state index contributed by atoms with van der Waals surface area (Å²) in [4.78, 5) is 37.9. The molecular formula is C25H19ClFNO7S. The predicted octanol–water partition coefficient (Wildman–Crippen LogP) is 5.68. The van der Waals surface area contributed by atoms with Crippen molar-refractivity contribution in [2.75, 3.05) is 14.2 Å². The molecule has 36 heavy (non-hydrogen) atoms. The summed E-state index contributed by atoms with van der Waals surface area (Å²) in [5.41, 5.74) is 0.653. The van der Waals surface area contributed by atoms with Crippen LogP contribution in [-0.4, -0.2) is 36.2 Å². The van der Waals surface area contributed by atoms with Gasteiger partial charge in [0, 0.05) is 10.6 Å². The monoisotopic (exact) mass is 531 g/mol. The van der Waals surface area contributed by atoms with Crippen molar-refractivity contribution in [1.29, 1.82) is 0 Å². The molecule has 0 atom stereocenters. The third kappa shape index (κ3) is 5.39. The maximum absolute atomic E-state index is 14.1. The molecule has 1 aromatic heterocycles. The van der Waals surface area contributed by atoms with Crippen LogP contribution >= 0.6 is 23.4 Å². The van der Waals surface area contributed by atoms with E-state index in [0.29, 0.717) is 22.8 Å². The Morgan fingerprint density at radius 1 is 1.14 bits per heavy atom. The Balaban J connectivity index is 1.48. The average molecular weight is 532 g/mol. The second-order valence-corrected chi connectivity index (χ2v) is 8.82. The maximum atomic E-state index is 14.1. The third-order valence-corrected chi connectivity index (χ3v) is 6.42. The van der Waals surface area contributed by atoms with Crippen molar-refractivity contribution in [3.63, 3.8) is 0 Å². The molecule has 2 heterocycles. The lowest BCUT2D eigenvalue weighted by Gasteiger charge is -2.14. The molecule has 0 N–H and O–H groups in total. The number of methoxy groups -OCH3 is 2. The number of rotatable bonds is 8. The van der Waals surface area contributed by atoms with E-state index in [9.17, 15) is 18.8 Å². The van der Waals surface area contributed by atoms with Crippen LogP contribution in [-0.2, 0) is 22.7 Å². The number of thioether (sulfide) groups is 1. The van der Waals surface area contributed by atoms with Crippen molar-refractivity contribution >= 4 is 46.6 Å². The highest BCUT2D eigenvalue weighted by Crippen LogP contribution is 2.36. The van der Waals surface area contributed by atoms with E-state index >= 15 is 0 Å². The van der Waals surface area contributed by atoms with Gasteiger partial charge in [-0.2, -0.15) is 0 Å². The van der Waals surface area contributed by atoms with Gasteiger partial charge in [0.1, 0.15) is 18.2 Å². The van der Waals surface area contributed by atoms with E-state index in [-0.39, 0.29) is 34.4 Å². The van der Waals surface area contributed by atoms with Crippen LogP contribution in [0.15, 0.2) is 57.9 Å². The Kier molecular flexibility index (Phi) is 7.66. The lowest BCUT2D eigenvalue weighted by molar-refractivity contribution is -0.123. The first-order chi connectivity index (χ1) is 17.3. The van der Waals surface area contributed by atoms with Gasteiger partial charge >= 0.3 is 5.97 Å². The molecule has 11 heteroatoms. The van der Waals surface area contributed by atoms with Gasteiger partial charge in [-0.05, 0) is 59.8 Å². The number of furan rings is 1. The number of halogens is 2. The number of carbonyl (C=O) groups is 3. The van der Waals surface area contributed by atoms with Crippen molar-refractivity contribution in [1.82, 2.24) is 4.90 Å². The van der Waals surface area contributed by atoms with Crippen LogP contribution < -0.4 is 9.47 Å². The molecule has 0 unspecified atom stereocenters. The first-order valence-corrected chi connectivity index (χ1v) is 11.7. The Hall–Kier alpha value is -3.76. The fourth-order valence-electron chi connectivity index (χ4n) is 3.34. The number of benzene rings is 2. The van der Waals surface area contributed by atoms with Crippen LogP contribution in [0.3, 0.4) is 0 Å². The minimum Gasteiger partial charge on any atom is -0.493 e. The van der Waals surface area contributed by atoms with Crippen LogP contribution in [0, 0.1) is 5.82 Å². The molecule has 0 saturated carbocycles. The molecule has 0 bridgehead atoms. The van der Waals surface area contributed by atoms with Gasteiger partial charge in [0.2, 0.25) is 5.76 Å². The Morgan fingerprint density at radius 3 is 2.67 bits per heavy atom.